The standard InChI is InChI=1S/C18H20FNOS/c1-13-5-4-11-20(12-10-13)18(21)17-9-8-16(22-17)14-6-2-3-7-15(14)19/h2-3,6-9,13H,4-5,10-12H2,1H3/t13-/m0/s1. The van der Waals surface area contributed by atoms with Crippen molar-refractivity contribution in [2.75, 3.05) is 13.1 Å². The highest BCUT2D eigenvalue weighted by molar-refractivity contribution is 7.17. The monoisotopic (exact) mass is 317 g/mol. The number of rotatable bonds is 2. The molecule has 0 radical (unpaired) electrons. The fraction of sp³-hybridized carbons (Fsp3) is 0.389. The van der Waals surface area contributed by atoms with Gasteiger partial charge in [0, 0.05) is 23.5 Å². The molecule has 1 aliphatic heterocycles. The molecule has 1 atom stereocenters. The second-order valence-electron chi connectivity index (χ2n) is 5.97. The Morgan fingerprint density at radius 3 is 2.82 bits per heavy atom. The summed E-state index contributed by atoms with van der Waals surface area (Å²) in [7, 11) is 0. The molecule has 0 unspecified atom stereocenters. The number of nitrogens with zero attached hydrogens (tertiary/aromatic N) is 1. The number of hydrogen-bond acceptors (Lipinski definition) is 2. The SMILES string of the molecule is C[C@H]1CCCN(C(=O)c2ccc(-c3ccccc3F)s2)CC1. The number of benzene rings is 1. The number of thiophene rings is 1. The lowest BCUT2D eigenvalue weighted by molar-refractivity contribution is 0.0765. The van der Waals surface area contributed by atoms with E-state index in [-0.39, 0.29) is 11.7 Å². The van der Waals surface area contributed by atoms with Crippen molar-refractivity contribution >= 4 is 17.2 Å². The van der Waals surface area contributed by atoms with Gasteiger partial charge in [-0.3, -0.25) is 4.79 Å². The highest BCUT2D eigenvalue weighted by Crippen LogP contribution is 2.31. The number of halogens is 1. The van der Waals surface area contributed by atoms with E-state index in [2.05, 4.69) is 6.92 Å². The summed E-state index contributed by atoms with van der Waals surface area (Å²) in [6.07, 6.45) is 3.32. The van der Waals surface area contributed by atoms with Gasteiger partial charge < -0.3 is 4.90 Å². The van der Waals surface area contributed by atoms with Crippen LogP contribution in [0.3, 0.4) is 0 Å². The third-order valence-electron chi connectivity index (χ3n) is 4.26. The zero-order valence-corrected chi connectivity index (χ0v) is 13.5. The minimum absolute atomic E-state index is 0.0849. The molecular weight excluding hydrogens is 297 g/mol. The Morgan fingerprint density at radius 1 is 1.18 bits per heavy atom. The molecule has 1 aromatic carbocycles. The van der Waals surface area contributed by atoms with Crippen molar-refractivity contribution in [2.45, 2.75) is 26.2 Å². The highest BCUT2D eigenvalue weighted by atomic mass is 32.1. The lowest BCUT2D eigenvalue weighted by Gasteiger charge is -2.19. The Kier molecular flexibility index (Phi) is 4.57. The fourth-order valence-corrected chi connectivity index (χ4v) is 3.88. The second-order valence-corrected chi connectivity index (χ2v) is 7.06. The molecule has 0 aliphatic carbocycles. The summed E-state index contributed by atoms with van der Waals surface area (Å²) in [4.78, 5) is 16.1. The van der Waals surface area contributed by atoms with E-state index < -0.39 is 0 Å². The molecule has 0 saturated carbocycles. The van der Waals surface area contributed by atoms with E-state index in [1.54, 1.807) is 12.1 Å². The molecule has 2 aromatic rings. The normalized spacial score (nSPS) is 19.0. The van der Waals surface area contributed by atoms with Crippen LogP contribution in [0.4, 0.5) is 4.39 Å². The van der Waals surface area contributed by atoms with Gasteiger partial charge >= 0.3 is 0 Å². The van der Waals surface area contributed by atoms with Gasteiger partial charge in [0.1, 0.15) is 5.82 Å². The maximum absolute atomic E-state index is 13.8. The Hall–Kier alpha value is -1.68. The number of carbonyl (C=O) groups excluding carboxylic acids is 1. The molecule has 1 fully saturated rings. The van der Waals surface area contributed by atoms with Crippen LogP contribution in [-0.2, 0) is 0 Å². The van der Waals surface area contributed by atoms with Crippen LogP contribution in [-0.4, -0.2) is 23.9 Å². The predicted octanol–water partition coefficient (Wildman–Crippen LogP) is 4.82. The van der Waals surface area contributed by atoms with Crippen LogP contribution < -0.4 is 0 Å². The Morgan fingerprint density at radius 2 is 2.00 bits per heavy atom. The van der Waals surface area contributed by atoms with Crippen molar-refractivity contribution in [1.82, 2.24) is 4.90 Å². The van der Waals surface area contributed by atoms with Crippen LogP contribution in [0.5, 0.6) is 0 Å². The number of carbonyl (C=O) groups is 1. The van der Waals surface area contributed by atoms with E-state index in [1.165, 1.54) is 23.8 Å². The highest BCUT2D eigenvalue weighted by Gasteiger charge is 2.21. The van der Waals surface area contributed by atoms with Crippen molar-refractivity contribution in [3.05, 3.63) is 47.1 Å². The molecule has 3 rings (SSSR count). The molecule has 22 heavy (non-hydrogen) atoms. The van der Waals surface area contributed by atoms with E-state index >= 15 is 0 Å². The minimum Gasteiger partial charge on any atom is -0.338 e. The molecule has 0 bridgehead atoms. The summed E-state index contributed by atoms with van der Waals surface area (Å²) in [5, 5.41) is 0. The Balaban J connectivity index is 1.78. The molecule has 0 spiro atoms. The molecule has 1 aromatic heterocycles. The first-order chi connectivity index (χ1) is 10.6. The predicted molar refractivity (Wildman–Crippen MR) is 88.6 cm³/mol. The van der Waals surface area contributed by atoms with Crippen LogP contribution >= 0.6 is 11.3 Å². The maximum Gasteiger partial charge on any atom is 0.263 e. The lowest BCUT2D eigenvalue weighted by atomic mass is 10.0. The smallest absolute Gasteiger partial charge is 0.263 e. The van der Waals surface area contributed by atoms with Gasteiger partial charge in [0.05, 0.1) is 4.88 Å². The van der Waals surface area contributed by atoms with Crippen LogP contribution in [0.2, 0.25) is 0 Å². The van der Waals surface area contributed by atoms with E-state index in [0.717, 1.165) is 30.8 Å². The van der Waals surface area contributed by atoms with Crippen LogP contribution in [0.15, 0.2) is 36.4 Å². The summed E-state index contributed by atoms with van der Waals surface area (Å²) >= 11 is 1.38. The number of amides is 1. The van der Waals surface area contributed by atoms with E-state index in [1.807, 2.05) is 23.1 Å². The third kappa shape index (κ3) is 3.22. The van der Waals surface area contributed by atoms with Crippen LogP contribution in [0.25, 0.3) is 10.4 Å². The minimum atomic E-state index is -0.244. The van der Waals surface area contributed by atoms with E-state index in [0.29, 0.717) is 16.4 Å². The fourth-order valence-electron chi connectivity index (χ4n) is 2.88. The molecule has 2 heterocycles. The lowest BCUT2D eigenvalue weighted by Crippen LogP contribution is -2.31. The van der Waals surface area contributed by atoms with Crippen LogP contribution in [0.1, 0.15) is 35.9 Å². The largest absolute Gasteiger partial charge is 0.338 e. The van der Waals surface area contributed by atoms with E-state index in [9.17, 15) is 9.18 Å². The third-order valence-corrected chi connectivity index (χ3v) is 5.37. The first-order valence-electron chi connectivity index (χ1n) is 7.79. The van der Waals surface area contributed by atoms with Gasteiger partial charge in [-0.25, -0.2) is 4.39 Å². The zero-order valence-electron chi connectivity index (χ0n) is 12.7. The van der Waals surface area contributed by atoms with Gasteiger partial charge in [-0.2, -0.15) is 0 Å². The zero-order chi connectivity index (χ0) is 15.5. The topological polar surface area (TPSA) is 20.3 Å². The van der Waals surface area contributed by atoms with Gasteiger partial charge in [-0.15, -0.1) is 11.3 Å². The molecule has 0 N–H and O–H groups in total. The summed E-state index contributed by atoms with van der Waals surface area (Å²) in [6.45, 7) is 3.90. The maximum atomic E-state index is 13.8. The Bertz CT molecular complexity index is 667. The summed E-state index contributed by atoms with van der Waals surface area (Å²) in [5.41, 5.74) is 0.566. The van der Waals surface area contributed by atoms with Crippen molar-refractivity contribution < 1.29 is 9.18 Å². The second kappa shape index (κ2) is 6.61. The molecule has 1 amide bonds. The van der Waals surface area contributed by atoms with Gasteiger partial charge in [-0.05, 0) is 43.4 Å². The van der Waals surface area contributed by atoms with E-state index in [4.69, 9.17) is 0 Å². The first kappa shape index (κ1) is 15.2. The van der Waals surface area contributed by atoms with Gasteiger partial charge in [0.25, 0.3) is 5.91 Å². The number of likely N-dealkylation sites (tertiary alicyclic amines) is 1. The quantitative estimate of drug-likeness (QED) is 0.778. The van der Waals surface area contributed by atoms with Gasteiger partial charge in [0.2, 0.25) is 0 Å². The van der Waals surface area contributed by atoms with Crippen molar-refractivity contribution in [3.8, 4) is 10.4 Å². The van der Waals surface area contributed by atoms with Crippen molar-refractivity contribution in [2.24, 2.45) is 5.92 Å². The van der Waals surface area contributed by atoms with Gasteiger partial charge in [0.15, 0.2) is 0 Å². The molecule has 1 aliphatic rings. The molecule has 1 saturated heterocycles. The van der Waals surface area contributed by atoms with Crippen molar-refractivity contribution in [3.63, 3.8) is 0 Å². The number of hydrogen-bond donors (Lipinski definition) is 0. The average molecular weight is 317 g/mol. The molecule has 2 nitrogen and oxygen atoms in total. The summed E-state index contributed by atoms with van der Waals surface area (Å²) in [5.74, 6) is 0.531. The first-order valence-corrected chi connectivity index (χ1v) is 8.61. The summed E-state index contributed by atoms with van der Waals surface area (Å²) in [6, 6.07) is 10.4. The Labute approximate surface area is 134 Å². The summed E-state index contributed by atoms with van der Waals surface area (Å²) < 4.78 is 13.8. The molecule has 116 valence electrons. The van der Waals surface area contributed by atoms with Crippen molar-refractivity contribution in [1.29, 1.82) is 0 Å². The van der Waals surface area contributed by atoms with Crippen LogP contribution in [0, 0.1) is 11.7 Å². The molecular formula is C18H20FNOS. The average Bonchev–Trinajstić information content (AvgIpc) is 2.90. The molecule has 4 heteroatoms. The van der Waals surface area contributed by atoms with Gasteiger partial charge in [-0.1, -0.05) is 25.1 Å².